The van der Waals surface area contributed by atoms with Crippen molar-refractivity contribution in [2.75, 3.05) is 13.1 Å². The molecule has 6 heteroatoms. The molecule has 1 atom stereocenters. The number of amides is 1. The van der Waals surface area contributed by atoms with Gasteiger partial charge in [0.2, 0.25) is 5.91 Å². The van der Waals surface area contributed by atoms with Crippen LogP contribution in [0.15, 0.2) is 28.8 Å². The maximum Gasteiger partial charge on any atom is 0.226 e. The van der Waals surface area contributed by atoms with Gasteiger partial charge in [0.1, 0.15) is 5.69 Å². The number of benzene rings is 1. The Kier molecular flexibility index (Phi) is 4.72. The van der Waals surface area contributed by atoms with E-state index in [0.717, 1.165) is 44.2 Å². The molecule has 25 heavy (non-hydrogen) atoms. The van der Waals surface area contributed by atoms with Crippen LogP contribution in [0.5, 0.6) is 0 Å². The van der Waals surface area contributed by atoms with E-state index < -0.39 is 0 Å². The molecule has 134 valence electrons. The number of rotatable bonds is 5. The summed E-state index contributed by atoms with van der Waals surface area (Å²) in [5.74, 6) is 0.858. The van der Waals surface area contributed by atoms with E-state index in [4.69, 9.17) is 4.52 Å². The Morgan fingerprint density at radius 3 is 2.80 bits per heavy atom. The van der Waals surface area contributed by atoms with Crippen LogP contribution in [0.3, 0.4) is 0 Å². The molecule has 4 rings (SSSR count). The first-order valence-electron chi connectivity index (χ1n) is 9.22. The second-order valence-corrected chi connectivity index (χ2v) is 7.37. The molecule has 1 saturated heterocycles. The number of hydrogen-bond acceptors (Lipinski definition) is 5. The van der Waals surface area contributed by atoms with Crippen LogP contribution in [-0.4, -0.2) is 41.4 Å². The summed E-state index contributed by atoms with van der Waals surface area (Å²) < 4.78 is 5.29. The number of hydrogen-bond donors (Lipinski definition) is 3. The number of carbonyl (C=O) groups excluding carboxylic acids is 1. The molecular formula is C19H25N3O3. The molecule has 0 unspecified atom stereocenters. The minimum atomic E-state index is -0.203. The summed E-state index contributed by atoms with van der Waals surface area (Å²) in [6, 6.07) is 7.76. The standard InChI is InChI=1S/C19H25N3O3/c23-14-9-13(10-14)19(12-5-7-20-8-6-12)21-18(24)11-16-15-3-1-2-4-17(15)25-22-16/h1-4,12-14,19-20,23H,5-11H2,(H,21,24)/t13?,14?,19-/m0/s1. The van der Waals surface area contributed by atoms with Gasteiger partial charge in [-0.3, -0.25) is 4.79 Å². The van der Waals surface area contributed by atoms with E-state index in [0.29, 0.717) is 23.1 Å². The molecule has 0 radical (unpaired) electrons. The number of aliphatic hydroxyl groups excluding tert-OH is 1. The largest absolute Gasteiger partial charge is 0.393 e. The Balaban J connectivity index is 1.44. The van der Waals surface area contributed by atoms with Crippen LogP contribution in [0.1, 0.15) is 31.4 Å². The molecule has 3 N–H and O–H groups in total. The molecule has 2 aliphatic rings. The van der Waals surface area contributed by atoms with Crippen LogP contribution in [0.25, 0.3) is 11.0 Å². The zero-order chi connectivity index (χ0) is 17.2. The highest BCUT2D eigenvalue weighted by atomic mass is 16.5. The number of aromatic nitrogens is 1. The van der Waals surface area contributed by atoms with Gasteiger partial charge in [-0.05, 0) is 62.7 Å². The minimum Gasteiger partial charge on any atom is -0.393 e. The van der Waals surface area contributed by atoms with Gasteiger partial charge in [0.15, 0.2) is 5.58 Å². The van der Waals surface area contributed by atoms with Crippen molar-refractivity contribution >= 4 is 16.9 Å². The number of carbonyl (C=O) groups is 1. The molecule has 1 aliphatic heterocycles. The van der Waals surface area contributed by atoms with Gasteiger partial charge in [-0.2, -0.15) is 0 Å². The number of aliphatic hydroxyl groups is 1. The molecule has 1 amide bonds. The van der Waals surface area contributed by atoms with Gasteiger partial charge in [0.05, 0.1) is 12.5 Å². The maximum atomic E-state index is 12.7. The van der Waals surface area contributed by atoms with Crippen molar-refractivity contribution in [3.63, 3.8) is 0 Å². The molecule has 1 aromatic heterocycles. The van der Waals surface area contributed by atoms with E-state index in [-0.39, 0.29) is 24.5 Å². The van der Waals surface area contributed by atoms with Crippen molar-refractivity contribution in [3.8, 4) is 0 Å². The lowest BCUT2D eigenvalue weighted by atomic mass is 9.71. The van der Waals surface area contributed by atoms with E-state index >= 15 is 0 Å². The van der Waals surface area contributed by atoms with Crippen molar-refractivity contribution in [1.82, 2.24) is 15.8 Å². The average molecular weight is 343 g/mol. The van der Waals surface area contributed by atoms with Crippen molar-refractivity contribution < 1.29 is 14.4 Å². The van der Waals surface area contributed by atoms with Gasteiger partial charge in [0, 0.05) is 11.4 Å². The topological polar surface area (TPSA) is 87.4 Å². The number of nitrogens with one attached hydrogen (secondary N) is 2. The zero-order valence-electron chi connectivity index (χ0n) is 14.3. The second kappa shape index (κ2) is 7.14. The second-order valence-electron chi connectivity index (χ2n) is 7.37. The average Bonchev–Trinajstić information content (AvgIpc) is 3.01. The van der Waals surface area contributed by atoms with Crippen molar-refractivity contribution in [2.24, 2.45) is 11.8 Å². The van der Waals surface area contributed by atoms with E-state index in [1.807, 2.05) is 24.3 Å². The first kappa shape index (κ1) is 16.5. The summed E-state index contributed by atoms with van der Waals surface area (Å²) in [5.41, 5.74) is 1.40. The number of para-hydroxylation sites is 1. The third-order valence-corrected chi connectivity index (χ3v) is 5.66. The highest BCUT2D eigenvalue weighted by Gasteiger charge is 2.39. The van der Waals surface area contributed by atoms with Gasteiger partial charge in [-0.1, -0.05) is 17.3 Å². The Labute approximate surface area is 147 Å². The summed E-state index contributed by atoms with van der Waals surface area (Å²) >= 11 is 0. The lowest BCUT2D eigenvalue weighted by molar-refractivity contribution is -0.123. The Bertz CT molecular complexity index is 732. The Hall–Kier alpha value is -1.92. The maximum absolute atomic E-state index is 12.7. The summed E-state index contributed by atoms with van der Waals surface area (Å²) in [6.45, 7) is 2.00. The fourth-order valence-corrected chi connectivity index (χ4v) is 4.20. The third-order valence-electron chi connectivity index (χ3n) is 5.66. The normalized spacial score (nSPS) is 25.5. The third kappa shape index (κ3) is 3.55. The fourth-order valence-electron chi connectivity index (χ4n) is 4.20. The van der Waals surface area contributed by atoms with Gasteiger partial charge in [-0.15, -0.1) is 0 Å². The molecule has 0 spiro atoms. The smallest absolute Gasteiger partial charge is 0.226 e. The summed E-state index contributed by atoms with van der Waals surface area (Å²) in [7, 11) is 0. The lowest BCUT2D eigenvalue weighted by Gasteiger charge is -2.43. The fraction of sp³-hybridized carbons (Fsp3) is 0.579. The van der Waals surface area contributed by atoms with Crippen LogP contribution in [0.4, 0.5) is 0 Å². The Morgan fingerprint density at radius 1 is 1.28 bits per heavy atom. The van der Waals surface area contributed by atoms with Crippen LogP contribution in [0, 0.1) is 11.8 Å². The van der Waals surface area contributed by atoms with Crippen LogP contribution in [-0.2, 0) is 11.2 Å². The SMILES string of the molecule is O=C(Cc1noc2ccccc12)N[C@@H](C1CCNCC1)C1CC(O)C1. The van der Waals surface area contributed by atoms with Crippen LogP contribution in [0.2, 0.25) is 0 Å². The number of piperidine rings is 1. The molecule has 0 bridgehead atoms. The highest BCUT2D eigenvalue weighted by Crippen LogP contribution is 2.35. The summed E-state index contributed by atoms with van der Waals surface area (Å²) in [5, 5.41) is 21.3. The van der Waals surface area contributed by atoms with Crippen LogP contribution >= 0.6 is 0 Å². The molecule has 1 aliphatic carbocycles. The highest BCUT2D eigenvalue weighted by molar-refractivity contribution is 5.86. The molecule has 2 aromatic rings. The van der Waals surface area contributed by atoms with Gasteiger partial charge < -0.3 is 20.3 Å². The minimum absolute atomic E-state index is 0.0102. The predicted octanol–water partition coefficient (Wildman–Crippen LogP) is 1.63. The van der Waals surface area contributed by atoms with E-state index in [1.54, 1.807) is 0 Å². The van der Waals surface area contributed by atoms with Crippen molar-refractivity contribution in [3.05, 3.63) is 30.0 Å². The molecule has 2 heterocycles. The van der Waals surface area contributed by atoms with E-state index in [9.17, 15) is 9.90 Å². The van der Waals surface area contributed by atoms with Crippen LogP contribution < -0.4 is 10.6 Å². The summed E-state index contributed by atoms with van der Waals surface area (Å²) in [4.78, 5) is 12.7. The molecule has 1 saturated carbocycles. The predicted molar refractivity (Wildman–Crippen MR) is 94.0 cm³/mol. The molecular weight excluding hydrogens is 318 g/mol. The Morgan fingerprint density at radius 2 is 2.04 bits per heavy atom. The number of nitrogens with zero attached hydrogens (tertiary/aromatic N) is 1. The van der Waals surface area contributed by atoms with Gasteiger partial charge in [-0.25, -0.2) is 0 Å². The molecule has 2 fully saturated rings. The number of fused-ring (bicyclic) bond motifs is 1. The first-order chi connectivity index (χ1) is 12.2. The zero-order valence-corrected chi connectivity index (χ0v) is 14.3. The van der Waals surface area contributed by atoms with Crippen molar-refractivity contribution in [1.29, 1.82) is 0 Å². The first-order valence-corrected chi connectivity index (χ1v) is 9.22. The van der Waals surface area contributed by atoms with Crippen molar-refractivity contribution in [2.45, 2.75) is 44.2 Å². The molecule has 6 nitrogen and oxygen atoms in total. The monoisotopic (exact) mass is 343 g/mol. The van der Waals surface area contributed by atoms with Gasteiger partial charge >= 0.3 is 0 Å². The van der Waals surface area contributed by atoms with E-state index in [1.165, 1.54) is 0 Å². The quantitative estimate of drug-likeness (QED) is 0.768. The van der Waals surface area contributed by atoms with Gasteiger partial charge in [0.25, 0.3) is 0 Å². The van der Waals surface area contributed by atoms with E-state index in [2.05, 4.69) is 15.8 Å². The lowest BCUT2D eigenvalue weighted by Crippen LogP contribution is -2.53. The summed E-state index contributed by atoms with van der Waals surface area (Å²) in [6.07, 6.45) is 3.76. The molecule has 1 aromatic carbocycles.